The van der Waals surface area contributed by atoms with Gasteiger partial charge in [-0.3, -0.25) is 4.79 Å². The molecule has 0 aliphatic carbocycles. The summed E-state index contributed by atoms with van der Waals surface area (Å²) in [6.07, 6.45) is 0.412. The summed E-state index contributed by atoms with van der Waals surface area (Å²) in [4.78, 5) is 13.1. The second-order valence-corrected chi connectivity index (χ2v) is 5.69. The van der Waals surface area contributed by atoms with Gasteiger partial charge in [0.15, 0.2) is 11.5 Å². The lowest BCUT2D eigenvalue weighted by Crippen LogP contribution is -2.27. The summed E-state index contributed by atoms with van der Waals surface area (Å²) in [7, 11) is 3.20. The monoisotopic (exact) mass is 305 g/mol. The van der Waals surface area contributed by atoms with Gasteiger partial charge in [0.25, 0.3) is 0 Å². The number of thiophene rings is 1. The minimum absolute atomic E-state index is 0.0136. The van der Waals surface area contributed by atoms with Crippen LogP contribution >= 0.6 is 11.3 Å². The molecule has 0 saturated heterocycles. The number of amides is 1. The van der Waals surface area contributed by atoms with Crippen molar-refractivity contribution in [1.82, 2.24) is 5.32 Å². The topological polar surface area (TPSA) is 47.6 Å². The van der Waals surface area contributed by atoms with Gasteiger partial charge in [0.2, 0.25) is 5.91 Å². The Hall–Kier alpha value is -2.01. The van der Waals surface area contributed by atoms with Crippen molar-refractivity contribution in [3.05, 3.63) is 46.2 Å². The maximum absolute atomic E-state index is 12.0. The normalized spacial score (nSPS) is 11.8. The number of carbonyl (C=O) groups is 1. The van der Waals surface area contributed by atoms with Crippen molar-refractivity contribution in [2.24, 2.45) is 0 Å². The molecular formula is C16H19NO3S. The summed E-state index contributed by atoms with van der Waals surface area (Å²) in [5.74, 6) is 1.35. The molecule has 4 nitrogen and oxygen atoms in total. The van der Waals surface area contributed by atoms with Gasteiger partial charge in [-0.2, -0.15) is 0 Å². The molecule has 2 rings (SSSR count). The Morgan fingerprint density at radius 3 is 2.62 bits per heavy atom. The van der Waals surface area contributed by atoms with E-state index in [9.17, 15) is 4.79 Å². The second-order valence-electron chi connectivity index (χ2n) is 4.66. The smallest absolute Gasteiger partial charge is 0.225 e. The van der Waals surface area contributed by atoms with Gasteiger partial charge >= 0.3 is 0 Å². The predicted molar refractivity (Wildman–Crippen MR) is 84.1 cm³/mol. The van der Waals surface area contributed by atoms with Gasteiger partial charge in [0.05, 0.1) is 26.7 Å². The van der Waals surface area contributed by atoms with Crippen LogP contribution in [0.5, 0.6) is 11.5 Å². The zero-order valence-corrected chi connectivity index (χ0v) is 13.2. The fourth-order valence-corrected chi connectivity index (χ4v) is 2.77. The second kappa shape index (κ2) is 7.13. The lowest BCUT2D eigenvalue weighted by molar-refractivity contribution is -0.121. The first-order valence-corrected chi connectivity index (χ1v) is 7.55. The van der Waals surface area contributed by atoms with Crippen LogP contribution in [0.1, 0.15) is 23.4 Å². The molecule has 0 saturated carbocycles. The number of ether oxygens (including phenoxy) is 2. The first-order valence-electron chi connectivity index (χ1n) is 6.67. The molecular weight excluding hydrogens is 286 g/mol. The predicted octanol–water partition coefficient (Wildman–Crippen LogP) is 3.19. The number of benzene rings is 1. The van der Waals surface area contributed by atoms with E-state index in [1.54, 1.807) is 25.6 Å². The summed E-state index contributed by atoms with van der Waals surface area (Å²) in [6, 6.07) is 9.48. The van der Waals surface area contributed by atoms with Gasteiger partial charge in [-0.25, -0.2) is 0 Å². The largest absolute Gasteiger partial charge is 0.493 e. The summed E-state index contributed by atoms with van der Waals surface area (Å²) in [6.45, 7) is 1.95. The average Bonchev–Trinajstić information content (AvgIpc) is 2.99. The molecule has 2 aromatic rings. The quantitative estimate of drug-likeness (QED) is 0.891. The van der Waals surface area contributed by atoms with Gasteiger partial charge in [0, 0.05) is 4.88 Å². The molecule has 1 amide bonds. The van der Waals surface area contributed by atoms with Crippen molar-refractivity contribution >= 4 is 17.2 Å². The Bertz CT molecular complexity index is 596. The molecule has 0 aliphatic heterocycles. The highest BCUT2D eigenvalue weighted by atomic mass is 32.1. The molecule has 0 fully saturated rings. The fourth-order valence-electron chi connectivity index (χ4n) is 2.07. The summed E-state index contributed by atoms with van der Waals surface area (Å²) in [5.41, 5.74) is 0.979. The fraction of sp³-hybridized carbons (Fsp3) is 0.312. The van der Waals surface area contributed by atoms with Crippen molar-refractivity contribution in [3.8, 4) is 11.5 Å². The maximum atomic E-state index is 12.0. The molecule has 1 N–H and O–H groups in total. The molecule has 5 heteroatoms. The van der Waals surface area contributed by atoms with E-state index >= 15 is 0 Å². The van der Waals surface area contributed by atoms with Crippen LogP contribution in [0.2, 0.25) is 0 Å². The number of rotatable bonds is 6. The van der Waals surface area contributed by atoms with Crippen LogP contribution in [-0.4, -0.2) is 20.1 Å². The van der Waals surface area contributed by atoms with E-state index in [4.69, 9.17) is 9.47 Å². The molecule has 112 valence electrons. The van der Waals surface area contributed by atoms with E-state index in [0.29, 0.717) is 17.9 Å². The van der Waals surface area contributed by atoms with Crippen LogP contribution in [0.15, 0.2) is 35.7 Å². The highest BCUT2D eigenvalue weighted by molar-refractivity contribution is 7.10. The van der Waals surface area contributed by atoms with E-state index in [2.05, 4.69) is 5.32 Å². The zero-order chi connectivity index (χ0) is 15.2. The number of carbonyl (C=O) groups excluding carboxylic acids is 1. The molecule has 0 unspecified atom stereocenters. The Morgan fingerprint density at radius 2 is 2.00 bits per heavy atom. The third-order valence-electron chi connectivity index (χ3n) is 3.20. The third-order valence-corrected chi connectivity index (χ3v) is 4.08. The summed E-state index contributed by atoms with van der Waals surface area (Å²) in [5, 5.41) is 4.97. The molecule has 21 heavy (non-hydrogen) atoms. The molecule has 1 aromatic carbocycles. The van der Waals surface area contributed by atoms with Crippen LogP contribution in [-0.2, 0) is 11.2 Å². The van der Waals surface area contributed by atoms with Crippen LogP contribution in [0.25, 0.3) is 0 Å². The zero-order valence-electron chi connectivity index (χ0n) is 12.4. The number of nitrogens with one attached hydrogen (secondary N) is 1. The minimum atomic E-state index is -0.0859. The van der Waals surface area contributed by atoms with Gasteiger partial charge in [-0.05, 0) is 36.1 Å². The van der Waals surface area contributed by atoms with Gasteiger partial charge < -0.3 is 14.8 Å². The van der Waals surface area contributed by atoms with Gasteiger partial charge in [-0.15, -0.1) is 11.3 Å². The van der Waals surface area contributed by atoms with E-state index in [1.807, 2.05) is 42.6 Å². The Balaban J connectivity index is 2.02. The Morgan fingerprint density at radius 1 is 1.24 bits per heavy atom. The summed E-state index contributed by atoms with van der Waals surface area (Å²) >= 11 is 1.59. The standard InChI is InChI=1S/C16H19NO3S/c1-11(17-16(18)10-13-5-4-8-21-13)12-6-7-14(19-2)15(9-12)20-3/h4-9,11H,10H2,1-3H3,(H,17,18)/t11-/m1/s1. The van der Waals surface area contributed by atoms with E-state index in [1.165, 1.54) is 0 Å². The van der Waals surface area contributed by atoms with Crippen LogP contribution in [0, 0.1) is 0 Å². The molecule has 1 heterocycles. The Labute approximate surface area is 128 Å². The number of methoxy groups -OCH3 is 2. The number of hydrogen-bond donors (Lipinski definition) is 1. The van der Waals surface area contributed by atoms with Crippen molar-refractivity contribution in [3.63, 3.8) is 0 Å². The lowest BCUT2D eigenvalue weighted by atomic mass is 10.1. The van der Waals surface area contributed by atoms with Gasteiger partial charge in [-0.1, -0.05) is 12.1 Å². The Kier molecular flexibility index (Phi) is 5.22. The highest BCUT2D eigenvalue weighted by Crippen LogP contribution is 2.29. The first-order chi connectivity index (χ1) is 10.1. The van der Waals surface area contributed by atoms with Crippen molar-refractivity contribution in [2.45, 2.75) is 19.4 Å². The van der Waals surface area contributed by atoms with Gasteiger partial charge in [0.1, 0.15) is 0 Å². The SMILES string of the molecule is COc1ccc([C@@H](C)NC(=O)Cc2cccs2)cc1OC. The average molecular weight is 305 g/mol. The molecule has 0 aliphatic rings. The molecule has 1 aromatic heterocycles. The van der Waals surface area contributed by atoms with Crippen molar-refractivity contribution in [1.29, 1.82) is 0 Å². The maximum Gasteiger partial charge on any atom is 0.225 e. The highest BCUT2D eigenvalue weighted by Gasteiger charge is 2.13. The number of hydrogen-bond acceptors (Lipinski definition) is 4. The lowest BCUT2D eigenvalue weighted by Gasteiger charge is -2.16. The molecule has 0 bridgehead atoms. The molecule has 0 spiro atoms. The van der Waals surface area contributed by atoms with E-state index < -0.39 is 0 Å². The van der Waals surface area contributed by atoms with Crippen molar-refractivity contribution < 1.29 is 14.3 Å². The van der Waals surface area contributed by atoms with E-state index in [0.717, 1.165) is 10.4 Å². The van der Waals surface area contributed by atoms with Crippen molar-refractivity contribution in [2.75, 3.05) is 14.2 Å². The minimum Gasteiger partial charge on any atom is -0.493 e. The summed E-state index contributed by atoms with van der Waals surface area (Å²) < 4.78 is 10.5. The first kappa shape index (κ1) is 15.4. The third kappa shape index (κ3) is 3.98. The van der Waals surface area contributed by atoms with Crippen LogP contribution < -0.4 is 14.8 Å². The van der Waals surface area contributed by atoms with Crippen LogP contribution in [0.3, 0.4) is 0 Å². The molecule has 0 radical (unpaired) electrons. The molecule has 1 atom stereocenters. The van der Waals surface area contributed by atoms with Crippen LogP contribution in [0.4, 0.5) is 0 Å². The van der Waals surface area contributed by atoms with E-state index in [-0.39, 0.29) is 11.9 Å².